The van der Waals surface area contributed by atoms with Gasteiger partial charge in [0.15, 0.2) is 0 Å². The molecule has 3 rings (SSSR count). The van der Waals surface area contributed by atoms with Crippen LogP contribution >= 0.6 is 0 Å². The highest BCUT2D eigenvalue weighted by molar-refractivity contribution is 5.75. The van der Waals surface area contributed by atoms with Gasteiger partial charge in [-0.2, -0.15) is 0 Å². The first-order valence-electron chi connectivity index (χ1n) is 6.90. The highest BCUT2D eigenvalue weighted by Crippen LogP contribution is 2.17. The van der Waals surface area contributed by atoms with Gasteiger partial charge in [0.2, 0.25) is 0 Å². The molecule has 1 aliphatic heterocycles. The molecule has 0 N–H and O–H groups in total. The minimum Gasteiger partial charge on any atom is -0.381 e. The van der Waals surface area contributed by atoms with Crippen molar-refractivity contribution in [3.63, 3.8) is 0 Å². The Hall–Kier alpha value is -1.39. The predicted octanol–water partition coefficient (Wildman–Crippen LogP) is 2.04. The van der Waals surface area contributed by atoms with Gasteiger partial charge in [-0.15, -0.1) is 0 Å². The molecule has 0 spiro atoms. The number of hydrogen-bond donors (Lipinski definition) is 0. The first kappa shape index (κ1) is 12.6. The Kier molecular flexibility index (Phi) is 3.53. The number of imidazole rings is 1. The second kappa shape index (κ2) is 5.31. The minimum atomic E-state index is 0.680. The van der Waals surface area contributed by atoms with E-state index >= 15 is 0 Å². The molecule has 0 bridgehead atoms. The zero-order chi connectivity index (χ0) is 13.2. The second-order valence-electron chi connectivity index (χ2n) is 5.50. The number of fused-ring (bicyclic) bond motifs is 1. The Balaban J connectivity index is 1.71. The van der Waals surface area contributed by atoms with Crippen LogP contribution in [-0.4, -0.2) is 41.3 Å². The minimum absolute atomic E-state index is 0.680. The van der Waals surface area contributed by atoms with Crippen LogP contribution in [0.5, 0.6) is 0 Å². The molecule has 102 valence electrons. The fourth-order valence-electron chi connectivity index (χ4n) is 2.81. The van der Waals surface area contributed by atoms with Crippen LogP contribution < -0.4 is 0 Å². The van der Waals surface area contributed by atoms with Crippen LogP contribution in [0.25, 0.3) is 11.0 Å². The number of hydrogen-bond acceptors (Lipinski definition) is 3. The summed E-state index contributed by atoms with van der Waals surface area (Å²) < 4.78 is 7.62. The maximum absolute atomic E-state index is 5.43. The van der Waals surface area contributed by atoms with Gasteiger partial charge in [0.1, 0.15) is 5.82 Å². The number of ether oxygens (including phenoxy) is 1. The fourth-order valence-corrected chi connectivity index (χ4v) is 2.81. The summed E-state index contributed by atoms with van der Waals surface area (Å²) in [6, 6.07) is 8.30. The zero-order valence-corrected chi connectivity index (χ0v) is 11.7. The monoisotopic (exact) mass is 259 g/mol. The highest BCUT2D eigenvalue weighted by atomic mass is 16.5. The Labute approximate surface area is 114 Å². The molecule has 1 aliphatic rings. The third kappa shape index (κ3) is 2.65. The molecular formula is C15H21N3O. The van der Waals surface area contributed by atoms with E-state index in [4.69, 9.17) is 9.72 Å². The van der Waals surface area contributed by atoms with Crippen LogP contribution in [0, 0.1) is 5.92 Å². The van der Waals surface area contributed by atoms with E-state index in [9.17, 15) is 0 Å². The van der Waals surface area contributed by atoms with Gasteiger partial charge < -0.3 is 9.30 Å². The molecule has 1 aromatic heterocycles. The summed E-state index contributed by atoms with van der Waals surface area (Å²) in [5.41, 5.74) is 2.28. The molecule has 4 heteroatoms. The van der Waals surface area contributed by atoms with Gasteiger partial charge in [-0.25, -0.2) is 4.98 Å². The number of aryl methyl sites for hydroxylation is 1. The van der Waals surface area contributed by atoms with Crippen LogP contribution in [0.4, 0.5) is 0 Å². The first-order chi connectivity index (χ1) is 9.24. The van der Waals surface area contributed by atoms with E-state index in [1.807, 2.05) is 6.07 Å². The third-order valence-corrected chi connectivity index (χ3v) is 3.88. The smallest absolute Gasteiger partial charge is 0.123 e. The van der Waals surface area contributed by atoms with Crippen molar-refractivity contribution in [2.45, 2.75) is 13.0 Å². The average molecular weight is 259 g/mol. The third-order valence-electron chi connectivity index (χ3n) is 3.88. The summed E-state index contributed by atoms with van der Waals surface area (Å²) in [5.74, 6) is 1.81. The predicted molar refractivity (Wildman–Crippen MR) is 76.0 cm³/mol. The largest absolute Gasteiger partial charge is 0.381 e. The Morgan fingerprint density at radius 1 is 1.42 bits per heavy atom. The van der Waals surface area contributed by atoms with Crippen LogP contribution in [0.1, 0.15) is 12.2 Å². The molecule has 1 aromatic carbocycles. The summed E-state index contributed by atoms with van der Waals surface area (Å²) in [5, 5.41) is 0. The molecule has 19 heavy (non-hydrogen) atoms. The second-order valence-corrected chi connectivity index (χ2v) is 5.50. The van der Waals surface area contributed by atoms with Crippen molar-refractivity contribution in [2.75, 3.05) is 26.8 Å². The van der Waals surface area contributed by atoms with Crippen molar-refractivity contribution in [2.24, 2.45) is 13.0 Å². The number of rotatable bonds is 4. The molecule has 1 unspecified atom stereocenters. The van der Waals surface area contributed by atoms with Crippen LogP contribution in [-0.2, 0) is 18.3 Å². The van der Waals surface area contributed by atoms with E-state index in [2.05, 4.69) is 41.8 Å². The molecule has 1 atom stereocenters. The lowest BCUT2D eigenvalue weighted by Crippen LogP contribution is -2.26. The summed E-state index contributed by atoms with van der Waals surface area (Å²) in [4.78, 5) is 7.06. The molecule has 1 saturated heterocycles. The lowest BCUT2D eigenvalue weighted by atomic mass is 10.1. The Bertz CT molecular complexity index is 558. The van der Waals surface area contributed by atoms with E-state index in [1.165, 1.54) is 11.9 Å². The lowest BCUT2D eigenvalue weighted by molar-refractivity contribution is 0.172. The van der Waals surface area contributed by atoms with Crippen molar-refractivity contribution in [1.82, 2.24) is 14.5 Å². The SMILES string of the molecule is CN(Cc1nc2ccccc2n1C)CC1CCOC1. The Morgan fingerprint density at radius 2 is 2.26 bits per heavy atom. The number of aromatic nitrogens is 2. The maximum atomic E-state index is 5.43. The van der Waals surface area contributed by atoms with Gasteiger partial charge in [-0.05, 0) is 31.5 Å². The quantitative estimate of drug-likeness (QED) is 0.841. The normalized spacial score (nSPS) is 19.6. The van der Waals surface area contributed by atoms with Gasteiger partial charge >= 0.3 is 0 Å². The number of benzene rings is 1. The van der Waals surface area contributed by atoms with Crippen LogP contribution in [0.2, 0.25) is 0 Å². The van der Waals surface area contributed by atoms with Gasteiger partial charge in [0, 0.05) is 20.2 Å². The molecule has 0 amide bonds. The van der Waals surface area contributed by atoms with E-state index < -0.39 is 0 Å². The fraction of sp³-hybridized carbons (Fsp3) is 0.533. The summed E-state index contributed by atoms with van der Waals surface area (Å²) >= 11 is 0. The molecule has 2 heterocycles. The van der Waals surface area contributed by atoms with Gasteiger partial charge in [0.25, 0.3) is 0 Å². The number of para-hydroxylation sites is 2. The van der Waals surface area contributed by atoms with E-state index in [0.717, 1.165) is 37.6 Å². The molecule has 0 saturated carbocycles. The average Bonchev–Trinajstić information content (AvgIpc) is 3.00. The first-order valence-corrected chi connectivity index (χ1v) is 6.90. The highest BCUT2D eigenvalue weighted by Gasteiger charge is 2.18. The molecule has 4 nitrogen and oxygen atoms in total. The summed E-state index contributed by atoms with van der Waals surface area (Å²) in [7, 11) is 4.26. The van der Waals surface area contributed by atoms with Crippen molar-refractivity contribution < 1.29 is 4.74 Å². The van der Waals surface area contributed by atoms with Gasteiger partial charge in [-0.3, -0.25) is 4.90 Å². The van der Waals surface area contributed by atoms with Crippen molar-refractivity contribution in [3.8, 4) is 0 Å². The lowest BCUT2D eigenvalue weighted by Gasteiger charge is -2.19. The zero-order valence-electron chi connectivity index (χ0n) is 11.7. The van der Waals surface area contributed by atoms with E-state index in [1.54, 1.807) is 0 Å². The van der Waals surface area contributed by atoms with Crippen LogP contribution in [0.3, 0.4) is 0 Å². The van der Waals surface area contributed by atoms with Crippen molar-refractivity contribution >= 4 is 11.0 Å². The standard InChI is InChI=1S/C15H21N3O/c1-17(9-12-7-8-19-11-12)10-15-16-13-5-3-4-6-14(13)18(15)2/h3-6,12H,7-11H2,1-2H3. The van der Waals surface area contributed by atoms with E-state index in [-0.39, 0.29) is 0 Å². The Morgan fingerprint density at radius 3 is 3.00 bits per heavy atom. The van der Waals surface area contributed by atoms with Crippen LogP contribution in [0.15, 0.2) is 24.3 Å². The summed E-state index contributed by atoms with van der Waals surface area (Å²) in [6.07, 6.45) is 1.19. The molecule has 0 aliphatic carbocycles. The van der Waals surface area contributed by atoms with Gasteiger partial charge in [-0.1, -0.05) is 12.1 Å². The summed E-state index contributed by atoms with van der Waals surface area (Å²) in [6.45, 7) is 3.81. The van der Waals surface area contributed by atoms with Gasteiger partial charge in [0.05, 0.1) is 24.2 Å². The number of nitrogens with zero attached hydrogens (tertiary/aromatic N) is 3. The molecule has 0 radical (unpaired) electrons. The van der Waals surface area contributed by atoms with Crippen molar-refractivity contribution in [3.05, 3.63) is 30.1 Å². The van der Waals surface area contributed by atoms with E-state index in [0.29, 0.717) is 5.92 Å². The van der Waals surface area contributed by atoms with Crippen molar-refractivity contribution in [1.29, 1.82) is 0 Å². The molecular weight excluding hydrogens is 238 g/mol. The maximum Gasteiger partial charge on any atom is 0.123 e. The molecule has 2 aromatic rings. The topological polar surface area (TPSA) is 30.3 Å². The molecule has 1 fully saturated rings.